The van der Waals surface area contributed by atoms with Crippen molar-refractivity contribution in [2.24, 2.45) is 5.84 Å². The zero-order valence-electron chi connectivity index (χ0n) is 16.9. The summed E-state index contributed by atoms with van der Waals surface area (Å²) in [6.07, 6.45) is 5.88. The van der Waals surface area contributed by atoms with Crippen molar-refractivity contribution >= 4 is 34.9 Å². The van der Waals surface area contributed by atoms with Crippen LogP contribution in [0.1, 0.15) is 18.5 Å². The number of H-pyrrole nitrogens is 1. The number of fused-ring (bicyclic) bond motifs is 1. The van der Waals surface area contributed by atoms with Crippen LogP contribution >= 0.6 is 11.6 Å². The van der Waals surface area contributed by atoms with E-state index in [0.29, 0.717) is 29.5 Å². The Morgan fingerprint density at radius 1 is 1.37 bits per heavy atom. The molecule has 1 atom stereocenters. The lowest BCUT2D eigenvalue weighted by atomic mass is 10.0. The Kier molecular flexibility index (Phi) is 6.97. The van der Waals surface area contributed by atoms with E-state index in [1.807, 2.05) is 18.2 Å². The summed E-state index contributed by atoms with van der Waals surface area (Å²) >= 11 is 6.06. The highest BCUT2D eigenvalue weighted by atomic mass is 35.5. The Morgan fingerprint density at radius 3 is 2.90 bits per heavy atom. The van der Waals surface area contributed by atoms with E-state index in [1.165, 1.54) is 12.4 Å². The molecule has 30 heavy (non-hydrogen) atoms. The number of halogens is 1. The number of nitrogens with two attached hydrogens (primary N) is 1. The molecule has 0 spiro atoms. The van der Waals surface area contributed by atoms with Gasteiger partial charge in [-0.1, -0.05) is 24.8 Å². The van der Waals surface area contributed by atoms with Gasteiger partial charge >= 0.3 is 0 Å². The second-order valence-electron chi connectivity index (χ2n) is 7.36. The number of piperidine rings is 1. The molecule has 7 nitrogen and oxygen atoms in total. The number of likely N-dealkylation sites (tertiary alicyclic amines) is 1. The molecule has 1 fully saturated rings. The van der Waals surface area contributed by atoms with E-state index in [0.717, 1.165) is 41.7 Å². The van der Waals surface area contributed by atoms with Crippen LogP contribution in [-0.4, -0.2) is 46.5 Å². The summed E-state index contributed by atoms with van der Waals surface area (Å²) < 4.78 is 0. The maximum atomic E-state index is 7.55. The third-order valence-corrected chi connectivity index (χ3v) is 5.59. The molecule has 0 aliphatic carbocycles. The molecule has 3 rings (SSSR count). The van der Waals surface area contributed by atoms with Crippen molar-refractivity contribution < 1.29 is 0 Å². The van der Waals surface area contributed by atoms with Crippen LogP contribution in [0.4, 0.5) is 0 Å². The van der Waals surface area contributed by atoms with Gasteiger partial charge in [0, 0.05) is 58.4 Å². The Balaban J connectivity index is 1.59. The average molecular weight is 426 g/mol. The van der Waals surface area contributed by atoms with Gasteiger partial charge < -0.3 is 26.0 Å². The Labute approximate surface area is 181 Å². The lowest BCUT2D eigenvalue weighted by Crippen LogP contribution is -2.52. The number of nitrogens with zero attached hydrogens (tertiary/aromatic N) is 2. The fourth-order valence-electron chi connectivity index (χ4n) is 3.69. The van der Waals surface area contributed by atoms with Crippen LogP contribution in [0.25, 0.3) is 10.9 Å². The first-order valence-corrected chi connectivity index (χ1v) is 10.2. The zero-order chi connectivity index (χ0) is 21.7. The van der Waals surface area contributed by atoms with E-state index in [1.54, 1.807) is 11.1 Å². The minimum atomic E-state index is 0.0731. The predicted octanol–water partition coefficient (Wildman–Crippen LogP) is 3.76. The van der Waals surface area contributed by atoms with Crippen molar-refractivity contribution in [3.05, 3.63) is 71.3 Å². The first-order valence-electron chi connectivity index (χ1n) is 9.82. The van der Waals surface area contributed by atoms with Crippen molar-refractivity contribution in [1.82, 2.24) is 20.2 Å². The highest BCUT2D eigenvalue weighted by Crippen LogP contribution is 2.23. The molecule has 6 N–H and O–H groups in total. The highest BCUT2D eigenvalue weighted by molar-refractivity contribution is 6.31. The van der Waals surface area contributed by atoms with Gasteiger partial charge in [-0.25, -0.2) is 5.84 Å². The van der Waals surface area contributed by atoms with Crippen molar-refractivity contribution in [3.8, 4) is 0 Å². The quantitative estimate of drug-likeness (QED) is 0.182. The fraction of sp³-hybridized carbons (Fsp3) is 0.273. The fourth-order valence-corrected chi connectivity index (χ4v) is 3.88. The zero-order valence-corrected chi connectivity index (χ0v) is 17.7. The first-order chi connectivity index (χ1) is 14.4. The van der Waals surface area contributed by atoms with Gasteiger partial charge in [-0.3, -0.25) is 5.01 Å². The molecular formula is C22H28ClN7. The number of nitrogens with one attached hydrogen (secondary N) is 4. The molecule has 1 aliphatic heterocycles. The Morgan fingerprint density at radius 2 is 2.17 bits per heavy atom. The minimum absolute atomic E-state index is 0.0731. The summed E-state index contributed by atoms with van der Waals surface area (Å²) in [4.78, 5) is 5.48. The average Bonchev–Trinajstić information content (AvgIpc) is 3.16. The molecule has 2 aromatic rings. The molecule has 0 radical (unpaired) electrons. The first kappa shape index (κ1) is 21.7. The molecule has 2 heterocycles. The van der Waals surface area contributed by atoms with Gasteiger partial charge in [-0.05, 0) is 43.2 Å². The molecule has 158 valence electrons. The molecule has 0 amide bonds. The summed E-state index contributed by atoms with van der Waals surface area (Å²) in [6, 6.07) is 7.89. The van der Waals surface area contributed by atoms with Crippen LogP contribution in [0.15, 0.2) is 60.6 Å². The van der Waals surface area contributed by atoms with Gasteiger partial charge in [-0.15, -0.1) is 0 Å². The van der Waals surface area contributed by atoms with Crippen LogP contribution in [0.2, 0.25) is 5.02 Å². The van der Waals surface area contributed by atoms with Gasteiger partial charge in [0.1, 0.15) is 5.82 Å². The lowest BCUT2D eigenvalue weighted by molar-refractivity contribution is 0.141. The molecule has 1 aromatic carbocycles. The molecule has 0 saturated carbocycles. The molecule has 1 aromatic heterocycles. The van der Waals surface area contributed by atoms with Crippen molar-refractivity contribution in [2.45, 2.75) is 25.4 Å². The molecule has 0 bridgehead atoms. The van der Waals surface area contributed by atoms with E-state index < -0.39 is 0 Å². The third kappa shape index (κ3) is 4.93. The molecule has 1 unspecified atom stereocenters. The van der Waals surface area contributed by atoms with Crippen LogP contribution < -0.4 is 11.2 Å². The van der Waals surface area contributed by atoms with E-state index in [9.17, 15) is 0 Å². The molecule has 1 saturated heterocycles. The monoisotopic (exact) mass is 425 g/mol. The lowest BCUT2D eigenvalue weighted by Gasteiger charge is -2.40. The summed E-state index contributed by atoms with van der Waals surface area (Å²) in [6.45, 7) is 10.3. The SMILES string of the molecule is C=C(/C(C=N)=C/C=N)N1CCCC(N(N)C(=C)NCc2cc3cc(Cl)ccc3[nH]2)C1. The summed E-state index contributed by atoms with van der Waals surface area (Å²) in [5.41, 5.74) is 3.42. The second-order valence-corrected chi connectivity index (χ2v) is 7.79. The third-order valence-electron chi connectivity index (χ3n) is 5.36. The molecule has 8 heteroatoms. The number of rotatable bonds is 9. The van der Waals surface area contributed by atoms with Gasteiger partial charge in [-0.2, -0.15) is 0 Å². The van der Waals surface area contributed by atoms with Crippen molar-refractivity contribution in [3.63, 3.8) is 0 Å². The number of hydrazine groups is 1. The van der Waals surface area contributed by atoms with Gasteiger partial charge in [0.05, 0.1) is 12.6 Å². The largest absolute Gasteiger partial charge is 0.369 e. The predicted molar refractivity (Wildman–Crippen MR) is 125 cm³/mol. The Bertz CT molecular complexity index is 991. The van der Waals surface area contributed by atoms with Crippen molar-refractivity contribution in [1.29, 1.82) is 10.8 Å². The minimum Gasteiger partial charge on any atom is -0.369 e. The van der Waals surface area contributed by atoms with Gasteiger partial charge in [0.15, 0.2) is 0 Å². The Hall–Kier alpha value is -3.03. The smallest absolute Gasteiger partial charge is 0.109 e. The van der Waals surface area contributed by atoms with E-state index in [-0.39, 0.29) is 6.04 Å². The van der Waals surface area contributed by atoms with Crippen LogP contribution in [0.5, 0.6) is 0 Å². The molecule has 1 aliphatic rings. The number of hydrogen-bond acceptors (Lipinski definition) is 6. The number of aromatic nitrogens is 1. The number of aromatic amines is 1. The number of allylic oxidation sites excluding steroid dienone is 2. The second kappa shape index (κ2) is 9.65. The topological polar surface area (TPSA) is 108 Å². The van der Waals surface area contributed by atoms with Crippen LogP contribution in [-0.2, 0) is 6.54 Å². The number of hydrogen-bond donors (Lipinski definition) is 5. The van der Waals surface area contributed by atoms with Gasteiger partial charge in [0.2, 0.25) is 0 Å². The summed E-state index contributed by atoms with van der Waals surface area (Å²) in [5.74, 6) is 7.02. The maximum absolute atomic E-state index is 7.55. The summed E-state index contributed by atoms with van der Waals surface area (Å²) in [5, 5.41) is 21.6. The summed E-state index contributed by atoms with van der Waals surface area (Å²) in [7, 11) is 0. The van der Waals surface area contributed by atoms with Gasteiger partial charge in [0.25, 0.3) is 0 Å². The highest BCUT2D eigenvalue weighted by Gasteiger charge is 2.26. The maximum Gasteiger partial charge on any atom is 0.109 e. The van der Waals surface area contributed by atoms with Crippen LogP contribution in [0, 0.1) is 10.8 Å². The van der Waals surface area contributed by atoms with Crippen LogP contribution in [0.3, 0.4) is 0 Å². The van der Waals surface area contributed by atoms with E-state index >= 15 is 0 Å². The number of benzene rings is 1. The normalized spacial score (nSPS) is 16.9. The molecular weight excluding hydrogens is 398 g/mol. The standard InChI is InChI=1S/C22H28ClN7/c1-15(17(12-25)7-8-24)29-9-3-4-21(14-29)30(26)16(2)27-13-20-11-18-10-19(23)5-6-22(18)28-20/h5-8,10-12,21,24-25,27-28H,1-4,9,13-14,26H2/b17-7+,24-8?,25-12?. The van der Waals surface area contributed by atoms with E-state index in [4.69, 9.17) is 28.3 Å². The van der Waals surface area contributed by atoms with Crippen molar-refractivity contribution in [2.75, 3.05) is 13.1 Å². The van der Waals surface area contributed by atoms with E-state index in [2.05, 4.69) is 34.4 Å².